The molecule has 0 bridgehead atoms. The van der Waals surface area contributed by atoms with Crippen molar-refractivity contribution in [3.8, 4) is 0 Å². The van der Waals surface area contributed by atoms with Crippen LogP contribution in [0.4, 0.5) is 10.1 Å². The van der Waals surface area contributed by atoms with E-state index >= 15 is 0 Å². The van der Waals surface area contributed by atoms with E-state index < -0.39 is 0 Å². The molecule has 0 spiro atoms. The number of anilines is 1. The zero-order valence-corrected chi connectivity index (χ0v) is 19.8. The van der Waals surface area contributed by atoms with Gasteiger partial charge in [0.1, 0.15) is 5.82 Å². The second-order valence-electron chi connectivity index (χ2n) is 10.9. The van der Waals surface area contributed by atoms with Gasteiger partial charge in [0.05, 0.1) is 0 Å². The molecule has 0 heterocycles. The van der Waals surface area contributed by atoms with Crippen LogP contribution in [0.3, 0.4) is 0 Å². The average molecular weight is 412 g/mol. The summed E-state index contributed by atoms with van der Waals surface area (Å²) >= 11 is 0. The Hall–Kier alpha value is -1.83. The molecular weight excluding hydrogens is 369 g/mol. The van der Waals surface area contributed by atoms with E-state index in [1.165, 1.54) is 56.2 Å². The summed E-state index contributed by atoms with van der Waals surface area (Å²) in [6, 6.07) is 17.6. The second kappa shape index (κ2) is 11.5. The molecule has 166 valence electrons. The average Bonchev–Trinajstić information content (AvgIpc) is 2.67. The summed E-state index contributed by atoms with van der Waals surface area (Å²) in [6.07, 6.45) is 8.70. The van der Waals surface area contributed by atoms with Crippen LogP contribution in [0.5, 0.6) is 0 Å². The van der Waals surface area contributed by atoms with Crippen molar-refractivity contribution in [3.63, 3.8) is 0 Å². The third-order valence-corrected chi connectivity index (χ3v) is 5.98. The number of rotatable bonds is 12. The SMILES string of the molecule is CC(C)(C)CCC(CCCCC(C)(C)Cc1ccccc1)CNc1ccc(F)cc1. The first kappa shape index (κ1) is 24.4. The van der Waals surface area contributed by atoms with Crippen LogP contribution in [0.15, 0.2) is 54.6 Å². The minimum Gasteiger partial charge on any atom is -0.385 e. The summed E-state index contributed by atoms with van der Waals surface area (Å²) in [5.41, 5.74) is 3.16. The molecule has 2 heteroatoms. The van der Waals surface area contributed by atoms with E-state index in [4.69, 9.17) is 0 Å². The topological polar surface area (TPSA) is 12.0 Å². The van der Waals surface area contributed by atoms with Crippen molar-refractivity contribution in [2.45, 2.75) is 79.6 Å². The summed E-state index contributed by atoms with van der Waals surface area (Å²) < 4.78 is 13.1. The molecule has 1 atom stereocenters. The van der Waals surface area contributed by atoms with Crippen molar-refractivity contribution in [3.05, 3.63) is 66.0 Å². The Kier molecular flexibility index (Phi) is 9.39. The fraction of sp³-hybridized carbons (Fsp3) is 0.571. The number of halogens is 1. The molecule has 2 aromatic carbocycles. The van der Waals surface area contributed by atoms with Crippen LogP contribution in [0.25, 0.3) is 0 Å². The largest absolute Gasteiger partial charge is 0.385 e. The molecule has 0 saturated heterocycles. The molecule has 0 radical (unpaired) electrons. The van der Waals surface area contributed by atoms with Gasteiger partial charge in [-0.05, 0) is 78.7 Å². The lowest BCUT2D eigenvalue weighted by Crippen LogP contribution is -2.18. The Bertz CT molecular complexity index is 713. The molecule has 30 heavy (non-hydrogen) atoms. The van der Waals surface area contributed by atoms with Crippen molar-refractivity contribution in [2.75, 3.05) is 11.9 Å². The van der Waals surface area contributed by atoms with E-state index in [0.717, 1.165) is 18.7 Å². The fourth-order valence-corrected chi connectivity index (χ4v) is 4.09. The van der Waals surface area contributed by atoms with E-state index in [2.05, 4.69) is 70.3 Å². The number of hydrogen-bond acceptors (Lipinski definition) is 1. The smallest absolute Gasteiger partial charge is 0.123 e. The van der Waals surface area contributed by atoms with Crippen LogP contribution >= 0.6 is 0 Å². The molecule has 1 unspecified atom stereocenters. The highest BCUT2D eigenvalue weighted by Crippen LogP contribution is 2.30. The van der Waals surface area contributed by atoms with Crippen molar-refractivity contribution in [2.24, 2.45) is 16.7 Å². The van der Waals surface area contributed by atoms with Gasteiger partial charge < -0.3 is 5.32 Å². The van der Waals surface area contributed by atoms with Gasteiger partial charge >= 0.3 is 0 Å². The Morgan fingerprint density at radius 3 is 2.10 bits per heavy atom. The van der Waals surface area contributed by atoms with Gasteiger partial charge in [0, 0.05) is 12.2 Å². The first-order valence-corrected chi connectivity index (χ1v) is 11.7. The Morgan fingerprint density at radius 1 is 0.800 bits per heavy atom. The number of hydrogen-bond donors (Lipinski definition) is 1. The van der Waals surface area contributed by atoms with Gasteiger partial charge in [0.25, 0.3) is 0 Å². The molecule has 0 aliphatic heterocycles. The number of nitrogens with one attached hydrogen (secondary N) is 1. The molecule has 2 rings (SSSR count). The first-order valence-electron chi connectivity index (χ1n) is 11.7. The van der Waals surface area contributed by atoms with Crippen molar-refractivity contribution in [1.29, 1.82) is 0 Å². The second-order valence-corrected chi connectivity index (χ2v) is 10.9. The molecule has 0 amide bonds. The minimum atomic E-state index is -0.178. The maximum Gasteiger partial charge on any atom is 0.123 e. The first-order chi connectivity index (χ1) is 14.1. The van der Waals surface area contributed by atoms with Crippen molar-refractivity contribution in [1.82, 2.24) is 0 Å². The van der Waals surface area contributed by atoms with Gasteiger partial charge in [0.15, 0.2) is 0 Å². The van der Waals surface area contributed by atoms with Crippen LogP contribution in [-0.2, 0) is 6.42 Å². The molecule has 0 aliphatic rings. The zero-order valence-electron chi connectivity index (χ0n) is 19.8. The van der Waals surface area contributed by atoms with Crippen LogP contribution in [0, 0.1) is 22.6 Å². The van der Waals surface area contributed by atoms with Crippen molar-refractivity contribution < 1.29 is 4.39 Å². The third-order valence-electron chi connectivity index (χ3n) is 5.98. The van der Waals surface area contributed by atoms with E-state index in [-0.39, 0.29) is 5.82 Å². The summed E-state index contributed by atoms with van der Waals surface area (Å²) in [7, 11) is 0. The Labute approximate surface area is 184 Å². The quantitative estimate of drug-likeness (QED) is 0.345. The molecule has 1 N–H and O–H groups in total. The van der Waals surface area contributed by atoms with Gasteiger partial charge in [-0.2, -0.15) is 0 Å². The highest BCUT2D eigenvalue weighted by molar-refractivity contribution is 5.42. The zero-order chi connectivity index (χ0) is 22.0. The van der Waals surface area contributed by atoms with Gasteiger partial charge in [-0.15, -0.1) is 0 Å². The van der Waals surface area contributed by atoms with Crippen molar-refractivity contribution >= 4 is 5.69 Å². The summed E-state index contributed by atoms with van der Waals surface area (Å²) in [6.45, 7) is 12.7. The fourth-order valence-electron chi connectivity index (χ4n) is 4.09. The van der Waals surface area contributed by atoms with Crippen LogP contribution in [0.2, 0.25) is 0 Å². The van der Waals surface area contributed by atoms with E-state index in [1.807, 2.05) is 12.1 Å². The standard InChI is InChI=1S/C28H42FN/c1-27(2,3)20-18-24(22-30-26-16-14-25(29)15-17-26)13-9-10-19-28(4,5)21-23-11-7-6-8-12-23/h6-8,11-12,14-17,24,30H,9-10,13,18-22H2,1-5H3. The summed E-state index contributed by atoms with van der Waals surface area (Å²) in [5.74, 6) is 0.481. The predicted molar refractivity (Wildman–Crippen MR) is 129 cm³/mol. The van der Waals surface area contributed by atoms with E-state index in [9.17, 15) is 4.39 Å². The van der Waals surface area contributed by atoms with Crippen LogP contribution in [0.1, 0.15) is 78.7 Å². The molecule has 0 aromatic heterocycles. The molecular formula is C28H42FN. The van der Waals surface area contributed by atoms with E-state index in [1.54, 1.807) is 0 Å². The lowest BCUT2D eigenvalue weighted by Gasteiger charge is -2.26. The lowest BCUT2D eigenvalue weighted by atomic mass is 9.80. The van der Waals surface area contributed by atoms with Gasteiger partial charge in [0.2, 0.25) is 0 Å². The summed E-state index contributed by atoms with van der Waals surface area (Å²) in [4.78, 5) is 0. The van der Waals surface area contributed by atoms with Gasteiger partial charge in [-0.3, -0.25) is 0 Å². The third kappa shape index (κ3) is 10.3. The normalized spacial score (nSPS) is 13.3. The minimum absolute atomic E-state index is 0.178. The van der Waals surface area contributed by atoms with Crippen LogP contribution < -0.4 is 5.32 Å². The highest BCUT2D eigenvalue weighted by Gasteiger charge is 2.19. The van der Waals surface area contributed by atoms with Crippen LogP contribution in [-0.4, -0.2) is 6.54 Å². The maximum atomic E-state index is 13.1. The van der Waals surface area contributed by atoms with Gasteiger partial charge in [-0.1, -0.05) is 77.8 Å². The number of benzene rings is 2. The maximum absolute atomic E-state index is 13.1. The lowest BCUT2D eigenvalue weighted by molar-refractivity contribution is 0.294. The monoisotopic (exact) mass is 411 g/mol. The molecule has 0 saturated carbocycles. The molecule has 1 nitrogen and oxygen atoms in total. The summed E-state index contributed by atoms with van der Waals surface area (Å²) in [5, 5.41) is 3.53. The Balaban J connectivity index is 1.79. The number of unbranched alkanes of at least 4 members (excludes halogenated alkanes) is 1. The molecule has 0 aliphatic carbocycles. The molecule has 0 fully saturated rings. The predicted octanol–water partition coefficient (Wildman–Crippen LogP) is 8.51. The van der Waals surface area contributed by atoms with E-state index in [0.29, 0.717) is 16.7 Å². The molecule has 2 aromatic rings. The van der Waals surface area contributed by atoms with Gasteiger partial charge in [-0.25, -0.2) is 4.39 Å². The highest BCUT2D eigenvalue weighted by atomic mass is 19.1. The Morgan fingerprint density at radius 2 is 1.47 bits per heavy atom.